The highest BCUT2D eigenvalue weighted by Gasteiger charge is 2.29. The fraction of sp³-hybridized carbons (Fsp3) is 0.227. The van der Waals surface area contributed by atoms with Gasteiger partial charge in [-0.15, -0.1) is 5.10 Å². The van der Waals surface area contributed by atoms with Gasteiger partial charge in [0.1, 0.15) is 16.9 Å². The Morgan fingerprint density at radius 1 is 1.07 bits per heavy atom. The van der Waals surface area contributed by atoms with Crippen LogP contribution in [0.1, 0.15) is 35.0 Å². The van der Waals surface area contributed by atoms with Crippen molar-refractivity contribution in [2.45, 2.75) is 23.2 Å². The van der Waals surface area contributed by atoms with E-state index in [0.717, 1.165) is 37.1 Å². The molecule has 1 N–H and O–H groups in total. The van der Waals surface area contributed by atoms with Crippen molar-refractivity contribution in [3.8, 4) is 0 Å². The molecule has 1 aliphatic heterocycles. The van der Waals surface area contributed by atoms with E-state index < -0.39 is 0 Å². The fourth-order valence-corrected chi connectivity index (χ4v) is 4.24. The van der Waals surface area contributed by atoms with Gasteiger partial charge in [-0.1, -0.05) is 60.3 Å². The molecule has 0 unspecified atom stereocenters. The minimum absolute atomic E-state index is 0.104. The molecule has 148 valence electrons. The number of hydrogen-bond donors (Lipinski definition) is 1. The van der Waals surface area contributed by atoms with Crippen LogP contribution in [-0.4, -0.2) is 39.1 Å². The van der Waals surface area contributed by atoms with E-state index in [1.54, 1.807) is 18.2 Å². The number of carbonyl (C=O) groups excluding carboxylic acids is 1. The van der Waals surface area contributed by atoms with Gasteiger partial charge in [-0.25, -0.2) is 9.37 Å². The summed E-state index contributed by atoms with van der Waals surface area (Å²) in [5, 5.41) is 7.29. The molecule has 0 radical (unpaired) electrons. The van der Waals surface area contributed by atoms with Crippen LogP contribution in [0, 0.1) is 5.82 Å². The largest absolute Gasteiger partial charge is 0.341 e. The van der Waals surface area contributed by atoms with E-state index in [2.05, 4.69) is 15.2 Å². The van der Waals surface area contributed by atoms with Gasteiger partial charge >= 0.3 is 0 Å². The van der Waals surface area contributed by atoms with Gasteiger partial charge in [0.2, 0.25) is 11.1 Å². The SMILES string of the molecule is O=C([C@H](Sc1n[nH]c(/C=C\c2ccc(F)cc2)n1)c1ccccc1)N1CCCC1. The third-order valence-electron chi connectivity index (χ3n) is 4.75. The number of halogens is 1. The van der Waals surface area contributed by atoms with E-state index in [9.17, 15) is 9.18 Å². The summed E-state index contributed by atoms with van der Waals surface area (Å²) < 4.78 is 13.0. The molecular weight excluding hydrogens is 387 g/mol. The molecule has 1 aromatic heterocycles. The van der Waals surface area contributed by atoms with E-state index in [0.29, 0.717) is 11.0 Å². The van der Waals surface area contributed by atoms with Crippen molar-refractivity contribution in [3.63, 3.8) is 0 Å². The number of H-pyrrole nitrogens is 1. The highest BCUT2D eigenvalue weighted by molar-refractivity contribution is 8.00. The normalized spacial score (nSPS) is 15.1. The maximum Gasteiger partial charge on any atom is 0.240 e. The summed E-state index contributed by atoms with van der Waals surface area (Å²) in [6.45, 7) is 1.62. The van der Waals surface area contributed by atoms with Crippen molar-refractivity contribution in [1.82, 2.24) is 20.1 Å². The Hall–Kier alpha value is -2.93. The highest BCUT2D eigenvalue weighted by Crippen LogP contribution is 2.35. The molecule has 5 nitrogen and oxygen atoms in total. The average molecular weight is 409 g/mol. The second kappa shape index (κ2) is 9.05. The van der Waals surface area contributed by atoms with E-state index in [1.165, 1.54) is 23.9 Å². The number of rotatable bonds is 6. The number of thioether (sulfide) groups is 1. The van der Waals surface area contributed by atoms with Crippen LogP contribution < -0.4 is 0 Å². The first-order chi connectivity index (χ1) is 14.2. The topological polar surface area (TPSA) is 61.9 Å². The van der Waals surface area contributed by atoms with Gasteiger partial charge in [-0.2, -0.15) is 0 Å². The van der Waals surface area contributed by atoms with Gasteiger partial charge in [-0.05, 0) is 42.2 Å². The van der Waals surface area contributed by atoms with Crippen LogP contribution in [-0.2, 0) is 4.79 Å². The Balaban J connectivity index is 1.50. The molecule has 2 heterocycles. The van der Waals surface area contributed by atoms with E-state index in [-0.39, 0.29) is 17.0 Å². The number of nitrogens with zero attached hydrogens (tertiary/aromatic N) is 3. The number of benzene rings is 2. The van der Waals surface area contributed by atoms with Crippen LogP contribution in [0.5, 0.6) is 0 Å². The molecule has 1 fully saturated rings. The molecule has 0 aliphatic carbocycles. The number of aromatic amines is 1. The van der Waals surface area contributed by atoms with Crippen LogP contribution in [0.2, 0.25) is 0 Å². The molecule has 0 spiro atoms. The Labute approximate surface area is 173 Å². The van der Waals surface area contributed by atoms with Gasteiger partial charge < -0.3 is 4.90 Å². The molecule has 0 saturated carbocycles. The van der Waals surface area contributed by atoms with Gasteiger partial charge in [0.05, 0.1) is 0 Å². The van der Waals surface area contributed by atoms with Gasteiger partial charge in [-0.3, -0.25) is 9.89 Å². The molecule has 4 rings (SSSR count). The van der Waals surface area contributed by atoms with Crippen LogP contribution in [0.25, 0.3) is 12.2 Å². The maximum absolute atomic E-state index is 13.1. The monoisotopic (exact) mass is 408 g/mol. The van der Waals surface area contributed by atoms with Gasteiger partial charge in [0.15, 0.2) is 0 Å². The zero-order chi connectivity index (χ0) is 20.1. The molecule has 0 bridgehead atoms. The second-order valence-corrected chi connectivity index (χ2v) is 7.90. The number of nitrogens with one attached hydrogen (secondary N) is 1. The standard InChI is InChI=1S/C22H21FN4OS/c23-18-11-8-16(9-12-18)10-13-19-24-22(26-25-19)29-20(17-6-2-1-3-7-17)21(28)27-14-4-5-15-27/h1-3,6-13,20H,4-5,14-15H2,(H,24,25,26)/b13-10-/t20-/m1/s1. The lowest BCUT2D eigenvalue weighted by Crippen LogP contribution is -2.31. The molecule has 1 atom stereocenters. The van der Waals surface area contributed by atoms with Crippen molar-refractivity contribution in [1.29, 1.82) is 0 Å². The van der Waals surface area contributed by atoms with Crippen molar-refractivity contribution in [2.24, 2.45) is 0 Å². The van der Waals surface area contributed by atoms with Crippen molar-refractivity contribution in [2.75, 3.05) is 13.1 Å². The quantitative estimate of drug-likeness (QED) is 0.607. The summed E-state index contributed by atoms with van der Waals surface area (Å²) in [5.41, 5.74) is 1.81. The summed E-state index contributed by atoms with van der Waals surface area (Å²) in [6.07, 6.45) is 5.72. The minimum Gasteiger partial charge on any atom is -0.341 e. The summed E-state index contributed by atoms with van der Waals surface area (Å²) in [7, 11) is 0. The lowest BCUT2D eigenvalue weighted by atomic mass is 10.1. The van der Waals surface area contributed by atoms with Crippen LogP contribution in [0.15, 0.2) is 59.8 Å². The lowest BCUT2D eigenvalue weighted by Gasteiger charge is -2.22. The molecule has 3 aromatic rings. The van der Waals surface area contributed by atoms with Crippen molar-refractivity contribution < 1.29 is 9.18 Å². The number of likely N-dealkylation sites (tertiary alicyclic amines) is 1. The van der Waals surface area contributed by atoms with Crippen molar-refractivity contribution >= 4 is 29.8 Å². The Bertz CT molecular complexity index is 982. The Kier molecular flexibility index (Phi) is 6.05. The number of carbonyl (C=O) groups is 1. The molecule has 7 heteroatoms. The van der Waals surface area contributed by atoms with E-state index in [4.69, 9.17) is 0 Å². The summed E-state index contributed by atoms with van der Waals surface area (Å²) in [6, 6.07) is 16.0. The number of amides is 1. The summed E-state index contributed by atoms with van der Waals surface area (Å²) in [5.74, 6) is 0.416. The Morgan fingerprint density at radius 3 is 2.52 bits per heavy atom. The van der Waals surface area contributed by atoms with Gasteiger partial charge in [0.25, 0.3) is 0 Å². The lowest BCUT2D eigenvalue weighted by molar-refractivity contribution is -0.129. The molecule has 2 aromatic carbocycles. The predicted molar refractivity (Wildman–Crippen MR) is 113 cm³/mol. The summed E-state index contributed by atoms with van der Waals surface area (Å²) >= 11 is 1.35. The predicted octanol–water partition coefficient (Wildman–Crippen LogP) is 4.57. The van der Waals surface area contributed by atoms with Crippen LogP contribution >= 0.6 is 11.8 Å². The van der Waals surface area contributed by atoms with Crippen molar-refractivity contribution in [3.05, 3.63) is 77.4 Å². The second-order valence-electron chi connectivity index (χ2n) is 6.83. The third-order valence-corrected chi connectivity index (χ3v) is 5.86. The maximum atomic E-state index is 13.1. The molecule has 1 saturated heterocycles. The van der Waals surface area contributed by atoms with Crippen LogP contribution in [0.3, 0.4) is 0 Å². The zero-order valence-electron chi connectivity index (χ0n) is 15.8. The zero-order valence-corrected chi connectivity index (χ0v) is 16.6. The first kappa shape index (κ1) is 19.4. The van der Waals surface area contributed by atoms with Gasteiger partial charge in [0, 0.05) is 13.1 Å². The minimum atomic E-state index is -0.376. The number of hydrogen-bond acceptors (Lipinski definition) is 4. The van der Waals surface area contributed by atoms with E-state index in [1.807, 2.05) is 41.3 Å². The average Bonchev–Trinajstić information content (AvgIpc) is 3.44. The smallest absolute Gasteiger partial charge is 0.240 e. The molecule has 1 aliphatic rings. The third kappa shape index (κ3) is 4.92. The molecule has 29 heavy (non-hydrogen) atoms. The van der Waals surface area contributed by atoms with E-state index >= 15 is 0 Å². The Morgan fingerprint density at radius 2 is 1.79 bits per heavy atom. The first-order valence-corrected chi connectivity index (χ1v) is 10.4. The number of aromatic nitrogens is 3. The summed E-state index contributed by atoms with van der Waals surface area (Å²) in [4.78, 5) is 19.5. The molecule has 1 amide bonds. The molecular formula is C22H21FN4OS. The first-order valence-electron chi connectivity index (χ1n) is 9.55. The van der Waals surface area contributed by atoms with Crippen LogP contribution in [0.4, 0.5) is 4.39 Å². The fourth-order valence-electron chi connectivity index (χ4n) is 3.23. The highest BCUT2D eigenvalue weighted by atomic mass is 32.2.